The molecule has 0 unspecified atom stereocenters. The zero-order valence-corrected chi connectivity index (χ0v) is 10.2. The van der Waals surface area contributed by atoms with E-state index in [1.54, 1.807) is 12.1 Å². The summed E-state index contributed by atoms with van der Waals surface area (Å²) in [5.74, 6) is 0. The molecule has 0 atom stereocenters. The molecule has 2 aromatic carbocycles. The van der Waals surface area contributed by atoms with Crippen molar-refractivity contribution < 1.29 is 13.0 Å². The molecule has 0 radical (unpaired) electrons. The van der Waals surface area contributed by atoms with Crippen LogP contribution in [-0.2, 0) is 10.1 Å². The Kier molecular flexibility index (Phi) is 3.50. The largest absolute Gasteiger partial charge is 0.301 e. The van der Waals surface area contributed by atoms with Crippen LogP contribution in [-0.4, -0.2) is 13.0 Å². The second kappa shape index (κ2) is 5.07. The number of hydrazine groups is 1. The quantitative estimate of drug-likeness (QED) is 0.583. The summed E-state index contributed by atoms with van der Waals surface area (Å²) in [7, 11) is -4.24. The topological polar surface area (TPSA) is 78.4 Å². The van der Waals surface area contributed by atoms with Crippen LogP contribution in [0.4, 0.5) is 11.4 Å². The van der Waals surface area contributed by atoms with E-state index in [1.165, 1.54) is 12.1 Å². The summed E-state index contributed by atoms with van der Waals surface area (Å²) < 4.78 is 31.4. The zero-order valence-electron chi connectivity index (χ0n) is 9.37. The second-order valence-corrected chi connectivity index (χ2v) is 4.98. The molecule has 0 aliphatic rings. The lowest BCUT2D eigenvalue weighted by atomic mass is 10.3. The summed E-state index contributed by atoms with van der Waals surface area (Å²) in [6, 6.07) is 15.3. The first kappa shape index (κ1) is 12.4. The van der Waals surface area contributed by atoms with Crippen molar-refractivity contribution in [1.82, 2.24) is 0 Å². The molecule has 0 heterocycles. The molecule has 94 valence electrons. The Morgan fingerprint density at radius 3 is 2.11 bits per heavy atom. The van der Waals surface area contributed by atoms with Gasteiger partial charge in [-0.2, -0.15) is 8.42 Å². The van der Waals surface area contributed by atoms with E-state index < -0.39 is 10.1 Å². The van der Waals surface area contributed by atoms with Gasteiger partial charge in [0.25, 0.3) is 10.1 Å². The van der Waals surface area contributed by atoms with Gasteiger partial charge in [0, 0.05) is 0 Å². The molecule has 5 nitrogen and oxygen atoms in total. The van der Waals surface area contributed by atoms with Crippen molar-refractivity contribution in [2.45, 2.75) is 4.90 Å². The summed E-state index contributed by atoms with van der Waals surface area (Å²) in [6.45, 7) is 0. The van der Waals surface area contributed by atoms with Crippen molar-refractivity contribution >= 4 is 21.5 Å². The minimum atomic E-state index is -4.24. The van der Waals surface area contributed by atoms with Crippen molar-refractivity contribution in [3.05, 3.63) is 54.6 Å². The third-order valence-electron chi connectivity index (χ3n) is 2.28. The molecule has 6 heteroatoms. The molecule has 0 aliphatic carbocycles. The standard InChI is InChI=1S/C12H12N2O3S/c15-18(16,17)12-9-5-4-8-11(12)14-13-10-6-2-1-3-7-10/h1-9,13-14H,(H,15,16,17). The molecule has 2 rings (SSSR count). The Bertz CT molecular complexity index is 627. The van der Waals surface area contributed by atoms with Crippen LogP contribution in [0.3, 0.4) is 0 Å². The molecular weight excluding hydrogens is 252 g/mol. The van der Waals surface area contributed by atoms with Gasteiger partial charge in [0.2, 0.25) is 0 Å². The minimum Gasteiger partial charge on any atom is -0.301 e. The minimum absolute atomic E-state index is 0.173. The lowest BCUT2D eigenvalue weighted by Crippen LogP contribution is -2.12. The van der Waals surface area contributed by atoms with Crippen molar-refractivity contribution in [3.8, 4) is 0 Å². The molecule has 3 N–H and O–H groups in total. The fourth-order valence-electron chi connectivity index (χ4n) is 1.46. The van der Waals surface area contributed by atoms with Crippen LogP contribution in [0.1, 0.15) is 0 Å². The normalized spacial score (nSPS) is 10.9. The van der Waals surface area contributed by atoms with E-state index in [1.807, 2.05) is 30.3 Å². The van der Waals surface area contributed by atoms with Gasteiger partial charge in [0.1, 0.15) is 4.90 Å². The smallest absolute Gasteiger partial charge is 0.296 e. The molecule has 0 bridgehead atoms. The first-order valence-corrected chi connectivity index (χ1v) is 6.65. The van der Waals surface area contributed by atoms with Gasteiger partial charge in [-0.1, -0.05) is 30.3 Å². The van der Waals surface area contributed by atoms with E-state index in [0.29, 0.717) is 0 Å². The van der Waals surface area contributed by atoms with Crippen LogP contribution in [0.25, 0.3) is 0 Å². The van der Waals surface area contributed by atoms with Crippen LogP contribution in [0.2, 0.25) is 0 Å². The number of rotatable bonds is 4. The molecular formula is C12H12N2O3S. The highest BCUT2D eigenvalue weighted by molar-refractivity contribution is 7.86. The molecule has 0 saturated carbocycles. The van der Waals surface area contributed by atoms with Gasteiger partial charge in [0.15, 0.2) is 0 Å². The monoisotopic (exact) mass is 264 g/mol. The molecule has 0 amide bonds. The molecule has 0 saturated heterocycles. The van der Waals surface area contributed by atoms with Crippen LogP contribution < -0.4 is 10.9 Å². The van der Waals surface area contributed by atoms with Gasteiger partial charge < -0.3 is 5.43 Å². The van der Waals surface area contributed by atoms with E-state index in [4.69, 9.17) is 4.55 Å². The van der Waals surface area contributed by atoms with Crippen molar-refractivity contribution in [1.29, 1.82) is 0 Å². The second-order valence-electron chi connectivity index (χ2n) is 3.59. The fourth-order valence-corrected chi connectivity index (χ4v) is 2.10. The van der Waals surface area contributed by atoms with Crippen LogP contribution in [0.5, 0.6) is 0 Å². The fraction of sp³-hybridized carbons (Fsp3) is 0. The third kappa shape index (κ3) is 2.99. The Labute approximate surface area is 105 Å². The summed E-state index contributed by atoms with van der Waals surface area (Å²) in [5.41, 5.74) is 6.66. The lowest BCUT2D eigenvalue weighted by molar-refractivity contribution is 0.483. The number of benzene rings is 2. The number of nitrogens with one attached hydrogen (secondary N) is 2. The Morgan fingerprint density at radius 1 is 0.833 bits per heavy atom. The van der Waals surface area contributed by atoms with E-state index >= 15 is 0 Å². The molecule has 0 spiro atoms. The maximum absolute atomic E-state index is 11.2. The highest BCUT2D eigenvalue weighted by atomic mass is 32.2. The number of hydrogen-bond acceptors (Lipinski definition) is 4. The zero-order chi connectivity index (χ0) is 13.0. The number of para-hydroxylation sites is 2. The van der Waals surface area contributed by atoms with Gasteiger partial charge in [-0.25, -0.2) is 0 Å². The summed E-state index contributed by atoms with van der Waals surface area (Å²) in [6.07, 6.45) is 0. The molecule has 2 aromatic rings. The van der Waals surface area contributed by atoms with Crippen molar-refractivity contribution in [2.24, 2.45) is 0 Å². The van der Waals surface area contributed by atoms with Crippen molar-refractivity contribution in [2.75, 3.05) is 10.9 Å². The lowest BCUT2D eigenvalue weighted by Gasteiger charge is -2.12. The van der Waals surface area contributed by atoms with Gasteiger partial charge in [0.05, 0.1) is 11.4 Å². The first-order chi connectivity index (χ1) is 8.57. The average Bonchev–Trinajstić information content (AvgIpc) is 2.37. The third-order valence-corrected chi connectivity index (χ3v) is 3.19. The molecule has 0 aliphatic heterocycles. The summed E-state index contributed by atoms with van der Waals surface area (Å²) in [4.78, 5) is -0.173. The maximum Gasteiger partial charge on any atom is 0.296 e. The predicted molar refractivity (Wildman–Crippen MR) is 69.9 cm³/mol. The Hall–Kier alpha value is -2.05. The van der Waals surface area contributed by atoms with E-state index in [0.717, 1.165) is 5.69 Å². The van der Waals surface area contributed by atoms with E-state index in [-0.39, 0.29) is 10.6 Å². The SMILES string of the molecule is O=S(=O)(O)c1ccccc1NNc1ccccc1. The van der Waals surface area contributed by atoms with Crippen molar-refractivity contribution in [3.63, 3.8) is 0 Å². The van der Waals surface area contributed by atoms with Gasteiger partial charge in [-0.3, -0.25) is 9.98 Å². The van der Waals surface area contributed by atoms with Gasteiger partial charge in [-0.15, -0.1) is 0 Å². The summed E-state index contributed by atoms with van der Waals surface area (Å²) in [5, 5.41) is 0. The maximum atomic E-state index is 11.2. The highest BCUT2D eigenvalue weighted by Gasteiger charge is 2.14. The predicted octanol–water partition coefficient (Wildman–Crippen LogP) is 2.37. The van der Waals surface area contributed by atoms with Crippen LogP contribution in [0, 0.1) is 0 Å². The Morgan fingerprint density at radius 2 is 1.44 bits per heavy atom. The van der Waals surface area contributed by atoms with Crippen LogP contribution in [0.15, 0.2) is 59.5 Å². The van der Waals surface area contributed by atoms with Gasteiger partial charge >= 0.3 is 0 Å². The Balaban J connectivity index is 2.20. The summed E-state index contributed by atoms with van der Waals surface area (Å²) >= 11 is 0. The average molecular weight is 264 g/mol. The number of anilines is 2. The van der Waals surface area contributed by atoms with E-state index in [2.05, 4.69) is 10.9 Å². The van der Waals surface area contributed by atoms with Gasteiger partial charge in [-0.05, 0) is 24.3 Å². The first-order valence-electron chi connectivity index (χ1n) is 5.21. The highest BCUT2D eigenvalue weighted by Crippen LogP contribution is 2.20. The molecule has 0 fully saturated rings. The van der Waals surface area contributed by atoms with Crippen LogP contribution >= 0.6 is 0 Å². The molecule has 0 aromatic heterocycles. The molecule has 18 heavy (non-hydrogen) atoms. The number of hydrogen-bond donors (Lipinski definition) is 3. The van der Waals surface area contributed by atoms with E-state index in [9.17, 15) is 8.42 Å².